The van der Waals surface area contributed by atoms with E-state index in [0.29, 0.717) is 0 Å². The van der Waals surface area contributed by atoms with Gasteiger partial charge in [0.25, 0.3) is 0 Å². The summed E-state index contributed by atoms with van der Waals surface area (Å²) in [5, 5.41) is 3.41. The predicted octanol–water partition coefficient (Wildman–Crippen LogP) is 2.54. The summed E-state index contributed by atoms with van der Waals surface area (Å²) in [6.45, 7) is 10.5. The Hall–Kier alpha value is 0.0500. The molecule has 0 aromatic carbocycles. The molecule has 0 radical (unpaired) electrons. The van der Waals surface area contributed by atoms with E-state index in [1.165, 1.54) is 11.3 Å². The minimum Gasteiger partial charge on any atom is -0.313 e. The fourth-order valence-corrected chi connectivity index (χ4v) is 1.65. The zero-order chi connectivity index (χ0) is 9.40. The van der Waals surface area contributed by atoms with Crippen LogP contribution in [-0.4, -0.2) is 25.1 Å². The van der Waals surface area contributed by atoms with Crippen molar-refractivity contribution in [3.05, 3.63) is 12.2 Å². The van der Waals surface area contributed by atoms with Crippen LogP contribution in [0.4, 0.5) is 0 Å². The fourth-order valence-electron chi connectivity index (χ4n) is 0.964. The van der Waals surface area contributed by atoms with E-state index in [-0.39, 0.29) is 0 Å². The average molecular weight is 187 g/mol. The molecular weight excluding hydrogens is 166 g/mol. The van der Waals surface area contributed by atoms with Gasteiger partial charge >= 0.3 is 0 Å². The average Bonchev–Trinajstić information content (AvgIpc) is 2.04. The van der Waals surface area contributed by atoms with Crippen molar-refractivity contribution < 1.29 is 0 Å². The zero-order valence-corrected chi connectivity index (χ0v) is 9.34. The lowest BCUT2D eigenvalue weighted by Gasteiger charge is -2.11. The van der Waals surface area contributed by atoms with Crippen LogP contribution in [0.15, 0.2) is 12.2 Å². The van der Waals surface area contributed by atoms with E-state index < -0.39 is 0 Å². The summed E-state index contributed by atoms with van der Waals surface area (Å²) in [6.07, 6.45) is 3.24. The second-order valence-corrected chi connectivity index (χ2v) is 4.21. The highest BCUT2D eigenvalue weighted by Gasteiger charge is 1.99. The molecule has 0 saturated carbocycles. The highest BCUT2D eigenvalue weighted by Crippen LogP contribution is 2.02. The Morgan fingerprint density at radius 3 is 2.75 bits per heavy atom. The van der Waals surface area contributed by atoms with Crippen molar-refractivity contribution in [3.8, 4) is 0 Å². The van der Waals surface area contributed by atoms with Gasteiger partial charge in [-0.05, 0) is 30.9 Å². The van der Waals surface area contributed by atoms with Crippen LogP contribution in [0.25, 0.3) is 0 Å². The van der Waals surface area contributed by atoms with Crippen molar-refractivity contribution in [1.82, 2.24) is 5.32 Å². The Morgan fingerprint density at radius 1 is 1.58 bits per heavy atom. The Kier molecular flexibility index (Phi) is 7.72. The van der Waals surface area contributed by atoms with Gasteiger partial charge in [0.2, 0.25) is 0 Å². The van der Waals surface area contributed by atoms with E-state index in [1.54, 1.807) is 0 Å². The number of hydrogen-bond donors (Lipinski definition) is 1. The minimum absolute atomic E-state index is 0.768. The Labute approximate surface area is 81.0 Å². The molecule has 1 N–H and O–H groups in total. The third-order valence-electron chi connectivity index (χ3n) is 1.82. The SMILES string of the molecule is C=C(CC)CNCC(C)CSC. The molecule has 0 aromatic rings. The molecule has 0 bridgehead atoms. The van der Waals surface area contributed by atoms with Crippen molar-refractivity contribution in [2.45, 2.75) is 20.3 Å². The molecule has 0 fully saturated rings. The summed E-state index contributed by atoms with van der Waals surface area (Å²) in [5.74, 6) is 2.01. The second kappa shape index (κ2) is 7.69. The molecule has 0 amide bonds. The van der Waals surface area contributed by atoms with Gasteiger partial charge in [0, 0.05) is 6.54 Å². The smallest absolute Gasteiger partial charge is 0.0161 e. The summed E-state index contributed by atoms with van der Waals surface area (Å²) in [7, 11) is 0. The number of rotatable bonds is 7. The van der Waals surface area contributed by atoms with Gasteiger partial charge < -0.3 is 5.32 Å². The van der Waals surface area contributed by atoms with E-state index in [9.17, 15) is 0 Å². The maximum absolute atomic E-state index is 3.95. The van der Waals surface area contributed by atoms with E-state index in [1.807, 2.05) is 11.8 Å². The standard InChI is InChI=1S/C10H21NS/c1-5-9(2)6-11-7-10(3)8-12-4/h10-11H,2,5-8H2,1,3-4H3. The maximum Gasteiger partial charge on any atom is 0.0161 e. The van der Waals surface area contributed by atoms with Crippen molar-refractivity contribution in [3.63, 3.8) is 0 Å². The first-order valence-corrected chi connectivity index (χ1v) is 5.96. The summed E-state index contributed by atoms with van der Waals surface area (Å²) in [5.41, 5.74) is 1.30. The predicted molar refractivity (Wildman–Crippen MR) is 59.8 cm³/mol. The molecule has 2 heteroatoms. The molecule has 0 rings (SSSR count). The third kappa shape index (κ3) is 6.74. The first-order chi connectivity index (χ1) is 5.70. The lowest BCUT2D eigenvalue weighted by molar-refractivity contribution is 0.577. The van der Waals surface area contributed by atoms with Crippen LogP contribution in [0, 0.1) is 5.92 Å². The Bertz CT molecular complexity index is 123. The normalized spacial score (nSPS) is 12.9. The van der Waals surface area contributed by atoms with E-state index in [2.05, 4.69) is 32.0 Å². The van der Waals surface area contributed by atoms with Crippen LogP contribution >= 0.6 is 11.8 Å². The van der Waals surface area contributed by atoms with Crippen LogP contribution in [-0.2, 0) is 0 Å². The molecule has 0 aliphatic heterocycles. The van der Waals surface area contributed by atoms with Crippen molar-refractivity contribution in [2.24, 2.45) is 5.92 Å². The molecule has 72 valence electrons. The molecule has 0 spiro atoms. The highest BCUT2D eigenvalue weighted by atomic mass is 32.2. The fraction of sp³-hybridized carbons (Fsp3) is 0.800. The molecule has 12 heavy (non-hydrogen) atoms. The molecule has 0 aliphatic carbocycles. The molecular formula is C10H21NS. The van der Waals surface area contributed by atoms with Crippen LogP contribution in [0.3, 0.4) is 0 Å². The quantitative estimate of drug-likeness (QED) is 0.615. The van der Waals surface area contributed by atoms with Crippen LogP contribution in [0.5, 0.6) is 0 Å². The summed E-state index contributed by atoms with van der Waals surface area (Å²) in [4.78, 5) is 0. The van der Waals surface area contributed by atoms with Crippen molar-refractivity contribution in [2.75, 3.05) is 25.1 Å². The maximum atomic E-state index is 3.95. The van der Waals surface area contributed by atoms with Gasteiger partial charge in [0.15, 0.2) is 0 Å². The second-order valence-electron chi connectivity index (χ2n) is 3.29. The van der Waals surface area contributed by atoms with Crippen molar-refractivity contribution >= 4 is 11.8 Å². The first-order valence-electron chi connectivity index (χ1n) is 4.57. The van der Waals surface area contributed by atoms with Gasteiger partial charge in [-0.1, -0.05) is 26.0 Å². The van der Waals surface area contributed by atoms with Gasteiger partial charge in [-0.15, -0.1) is 0 Å². The van der Waals surface area contributed by atoms with Crippen molar-refractivity contribution in [1.29, 1.82) is 0 Å². The van der Waals surface area contributed by atoms with Crippen LogP contribution < -0.4 is 5.32 Å². The minimum atomic E-state index is 0.768. The van der Waals surface area contributed by atoms with E-state index >= 15 is 0 Å². The number of thioether (sulfide) groups is 1. The highest BCUT2D eigenvalue weighted by molar-refractivity contribution is 7.98. The van der Waals surface area contributed by atoms with Crippen LogP contribution in [0.1, 0.15) is 20.3 Å². The molecule has 0 saturated heterocycles. The number of nitrogens with one attached hydrogen (secondary N) is 1. The molecule has 1 atom stereocenters. The monoisotopic (exact) mass is 187 g/mol. The summed E-state index contributed by atoms with van der Waals surface area (Å²) in [6, 6.07) is 0. The Morgan fingerprint density at radius 2 is 2.25 bits per heavy atom. The topological polar surface area (TPSA) is 12.0 Å². The van der Waals surface area contributed by atoms with Gasteiger partial charge in [-0.3, -0.25) is 0 Å². The number of hydrogen-bond acceptors (Lipinski definition) is 2. The van der Waals surface area contributed by atoms with Gasteiger partial charge in [0.1, 0.15) is 0 Å². The first kappa shape index (κ1) is 12.0. The van der Waals surface area contributed by atoms with E-state index in [0.717, 1.165) is 25.4 Å². The molecule has 0 aromatic heterocycles. The van der Waals surface area contributed by atoms with Gasteiger partial charge in [0.05, 0.1) is 0 Å². The van der Waals surface area contributed by atoms with Crippen LogP contribution in [0.2, 0.25) is 0 Å². The zero-order valence-electron chi connectivity index (χ0n) is 8.52. The molecule has 0 heterocycles. The molecule has 1 nitrogen and oxygen atoms in total. The van der Waals surface area contributed by atoms with E-state index in [4.69, 9.17) is 0 Å². The van der Waals surface area contributed by atoms with Gasteiger partial charge in [-0.2, -0.15) is 11.8 Å². The third-order valence-corrected chi connectivity index (χ3v) is 2.72. The molecule has 0 aliphatic rings. The largest absolute Gasteiger partial charge is 0.313 e. The summed E-state index contributed by atoms with van der Waals surface area (Å²) < 4.78 is 0. The lowest BCUT2D eigenvalue weighted by atomic mass is 10.2. The summed E-state index contributed by atoms with van der Waals surface area (Å²) >= 11 is 1.91. The Balaban J connectivity index is 3.24. The lowest BCUT2D eigenvalue weighted by Crippen LogP contribution is -2.24. The van der Waals surface area contributed by atoms with Gasteiger partial charge in [-0.25, -0.2) is 0 Å². The molecule has 1 unspecified atom stereocenters.